The number of amides is 1. The lowest BCUT2D eigenvalue weighted by Gasteiger charge is -2.07. The number of anilines is 1. The van der Waals surface area contributed by atoms with Gasteiger partial charge < -0.3 is 10.4 Å². The summed E-state index contributed by atoms with van der Waals surface area (Å²) >= 11 is 3.35. The lowest BCUT2D eigenvalue weighted by molar-refractivity contribution is -0.116. The fraction of sp³-hybridized carbons (Fsp3) is 0.125. The quantitative estimate of drug-likeness (QED) is 0.656. The molecule has 0 bridgehead atoms. The molecule has 1 aromatic carbocycles. The van der Waals surface area contributed by atoms with Crippen molar-refractivity contribution >= 4 is 33.5 Å². The van der Waals surface area contributed by atoms with E-state index in [2.05, 4.69) is 31.4 Å². The number of rotatable bonds is 6. The van der Waals surface area contributed by atoms with Crippen LogP contribution in [0.15, 0.2) is 53.5 Å². The Hall–Kier alpha value is -2.94. The smallest absolute Gasteiger partial charge is 0.338 e. The summed E-state index contributed by atoms with van der Waals surface area (Å²) in [7, 11) is 0. The van der Waals surface area contributed by atoms with Gasteiger partial charge in [0.15, 0.2) is 0 Å². The first-order chi connectivity index (χ1) is 12.0. The first-order valence-corrected chi connectivity index (χ1v) is 8.11. The maximum atomic E-state index is 12.0. The largest absolute Gasteiger partial charge is 0.478 e. The molecule has 0 aliphatic carbocycles. The van der Waals surface area contributed by atoms with Crippen LogP contribution in [0, 0.1) is 0 Å². The second-order valence-electron chi connectivity index (χ2n) is 5.33. The molecule has 0 atom stereocenters. The summed E-state index contributed by atoms with van der Waals surface area (Å²) < 4.78 is 4.00. The lowest BCUT2D eigenvalue weighted by Crippen LogP contribution is -2.19. The molecule has 9 heteroatoms. The highest BCUT2D eigenvalue weighted by molar-refractivity contribution is 9.10. The second-order valence-corrected chi connectivity index (χ2v) is 6.25. The Kier molecular flexibility index (Phi) is 4.94. The Morgan fingerprint density at radius 2 is 1.80 bits per heavy atom. The van der Waals surface area contributed by atoms with Gasteiger partial charge in [0, 0.05) is 18.1 Å². The third-order valence-electron chi connectivity index (χ3n) is 3.37. The van der Waals surface area contributed by atoms with Gasteiger partial charge in [-0.2, -0.15) is 10.2 Å². The number of carboxylic acids is 1. The van der Waals surface area contributed by atoms with Crippen LogP contribution >= 0.6 is 15.9 Å². The van der Waals surface area contributed by atoms with Gasteiger partial charge in [-0.1, -0.05) is 12.1 Å². The van der Waals surface area contributed by atoms with E-state index in [0.29, 0.717) is 12.2 Å². The average Bonchev–Trinajstić information content (AvgIpc) is 3.18. The van der Waals surface area contributed by atoms with Crippen LogP contribution in [0.2, 0.25) is 0 Å². The van der Waals surface area contributed by atoms with Crippen LogP contribution in [0.1, 0.15) is 15.9 Å². The third-order valence-corrected chi connectivity index (χ3v) is 3.78. The van der Waals surface area contributed by atoms with Crippen molar-refractivity contribution in [2.45, 2.75) is 13.1 Å². The average molecular weight is 404 g/mol. The van der Waals surface area contributed by atoms with Gasteiger partial charge in [-0.15, -0.1) is 0 Å². The van der Waals surface area contributed by atoms with E-state index < -0.39 is 5.97 Å². The predicted molar refractivity (Wildman–Crippen MR) is 93.3 cm³/mol. The first-order valence-electron chi connectivity index (χ1n) is 7.32. The van der Waals surface area contributed by atoms with Gasteiger partial charge in [-0.25, -0.2) is 4.79 Å². The first kappa shape index (κ1) is 16.9. The number of carbonyl (C=O) groups excluding carboxylic acids is 1. The standard InChI is InChI=1S/C16H14BrN5O3/c17-13-6-19-21(9-13)7-11-1-3-14(4-2-11)20-15(23)10-22-8-12(5-18-22)16(24)25/h1-6,8-9H,7,10H2,(H,20,23)(H,24,25). The van der Waals surface area contributed by atoms with E-state index in [-0.39, 0.29) is 18.0 Å². The molecule has 0 saturated heterocycles. The van der Waals surface area contributed by atoms with E-state index in [4.69, 9.17) is 5.11 Å². The van der Waals surface area contributed by atoms with E-state index in [1.54, 1.807) is 23.0 Å². The topological polar surface area (TPSA) is 102 Å². The zero-order chi connectivity index (χ0) is 17.8. The lowest BCUT2D eigenvalue weighted by atomic mass is 10.2. The number of nitrogens with zero attached hydrogens (tertiary/aromatic N) is 4. The summed E-state index contributed by atoms with van der Waals surface area (Å²) in [6.45, 7) is 0.571. The molecular formula is C16H14BrN5O3. The number of hydrogen-bond acceptors (Lipinski definition) is 4. The molecule has 0 radical (unpaired) electrons. The zero-order valence-corrected chi connectivity index (χ0v) is 14.5. The van der Waals surface area contributed by atoms with Crippen molar-refractivity contribution in [1.82, 2.24) is 19.6 Å². The van der Waals surface area contributed by atoms with E-state index in [9.17, 15) is 9.59 Å². The van der Waals surface area contributed by atoms with Crippen molar-refractivity contribution in [1.29, 1.82) is 0 Å². The maximum absolute atomic E-state index is 12.0. The number of carbonyl (C=O) groups is 2. The maximum Gasteiger partial charge on any atom is 0.338 e. The molecule has 0 unspecified atom stereocenters. The fourth-order valence-electron chi connectivity index (χ4n) is 2.21. The summed E-state index contributed by atoms with van der Waals surface area (Å²) in [6.07, 6.45) is 6.12. The van der Waals surface area contributed by atoms with Gasteiger partial charge in [0.25, 0.3) is 0 Å². The molecule has 0 spiro atoms. The van der Waals surface area contributed by atoms with Crippen molar-refractivity contribution in [2.75, 3.05) is 5.32 Å². The Morgan fingerprint density at radius 1 is 1.08 bits per heavy atom. The van der Waals surface area contributed by atoms with Crippen LogP contribution in [0.25, 0.3) is 0 Å². The van der Waals surface area contributed by atoms with Crippen LogP contribution in [0.3, 0.4) is 0 Å². The Balaban J connectivity index is 1.56. The molecular weight excluding hydrogens is 390 g/mol. The predicted octanol–water partition coefficient (Wildman–Crippen LogP) is 2.23. The molecule has 1 amide bonds. The number of aromatic carboxylic acids is 1. The monoisotopic (exact) mass is 403 g/mol. The number of benzene rings is 1. The van der Waals surface area contributed by atoms with Gasteiger partial charge in [0.2, 0.25) is 5.91 Å². The van der Waals surface area contributed by atoms with Gasteiger partial charge in [-0.05, 0) is 33.6 Å². The van der Waals surface area contributed by atoms with E-state index in [0.717, 1.165) is 10.0 Å². The van der Waals surface area contributed by atoms with E-state index in [1.165, 1.54) is 17.1 Å². The SMILES string of the molecule is O=C(Cn1cc(C(=O)O)cn1)Nc1ccc(Cn2cc(Br)cn2)cc1. The van der Waals surface area contributed by atoms with Crippen LogP contribution in [-0.4, -0.2) is 36.5 Å². The number of carboxylic acid groups (broad SMARTS) is 1. The van der Waals surface area contributed by atoms with E-state index >= 15 is 0 Å². The van der Waals surface area contributed by atoms with Crippen molar-refractivity contribution in [3.05, 3.63) is 64.7 Å². The van der Waals surface area contributed by atoms with Gasteiger partial charge in [0.05, 0.1) is 29.0 Å². The highest BCUT2D eigenvalue weighted by Crippen LogP contribution is 2.12. The molecule has 0 aliphatic heterocycles. The van der Waals surface area contributed by atoms with Gasteiger partial charge in [-0.3, -0.25) is 14.2 Å². The Morgan fingerprint density at radius 3 is 2.40 bits per heavy atom. The Bertz CT molecular complexity index is 901. The van der Waals surface area contributed by atoms with Gasteiger partial charge in [0.1, 0.15) is 6.54 Å². The third kappa shape index (κ3) is 4.54. The molecule has 2 N–H and O–H groups in total. The van der Waals surface area contributed by atoms with Crippen molar-refractivity contribution in [2.24, 2.45) is 0 Å². The highest BCUT2D eigenvalue weighted by atomic mass is 79.9. The van der Waals surface area contributed by atoms with Gasteiger partial charge >= 0.3 is 5.97 Å². The highest BCUT2D eigenvalue weighted by Gasteiger charge is 2.09. The van der Waals surface area contributed by atoms with E-state index in [1.807, 2.05) is 18.3 Å². The molecule has 0 fully saturated rings. The van der Waals surface area contributed by atoms with Crippen LogP contribution < -0.4 is 5.32 Å². The molecule has 2 heterocycles. The number of halogens is 1. The molecule has 3 rings (SSSR count). The minimum absolute atomic E-state index is 0.0439. The normalized spacial score (nSPS) is 10.6. The Labute approximate surface area is 151 Å². The van der Waals surface area contributed by atoms with Crippen LogP contribution in [-0.2, 0) is 17.9 Å². The van der Waals surface area contributed by atoms with Crippen molar-refractivity contribution in [3.63, 3.8) is 0 Å². The summed E-state index contributed by atoms with van der Waals surface area (Å²) in [5, 5.41) is 19.6. The summed E-state index contributed by atoms with van der Waals surface area (Å²) in [5.74, 6) is -1.37. The molecule has 8 nitrogen and oxygen atoms in total. The van der Waals surface area contributed by atoms with Crippen molar-refractivity contribution < 1.29 is 14.7 Å². The molecule has 0 aliphatic rings. The number of hydrogen-bond donors (Lipinski definition) is 2. The molecule has 25 heavy (non-hydrogen) atoms. The summed E-state index contributed by atoms with van der Waals surface area (Å²) in [4.78, 5) is 22.8. The molecule has 0 saturated carbocycles. The summed E-state index contributed by atoms with van der Waals surface area (Å²) in [5.41, 5.74) is 1.75. The second kappa shape index (κ2) is 7.31. The van der Waals surface area contributed by atoms with Crippen molar-refractivity contribution in [3.8, 4) is 0 Å². The summed E-state index contributed by atoms with van der Waals surface area (Å²) in [6, 6.07) is 7.42. The molecule has 3 aromatic rings. The zero-order valence-electron chi connectivity index (χ0n) is 13.0. The molecule has 2 aromatic heterocycles. The minimum atomic E-state index is -1.08. The van der Waals surface area contributed by atoms with Crippen LogP contribution in [0.5, 0.6) is 0 Å². The minimum Gasteiger partial charge on any atom is -0.478 e. The van der Waals surface area contributed by atoms with Crippen LogP contribution in [0.4, 0.5) is 5.69 Å². The number of nitrogens with one attached hydrogen (secondary N) is 1. The number of aromatic nitrogens is 4. The fourth-order valence-corrected chi connectivity index (χ4v) is 2.54. The molecule has 128 valence electrons.